The number of pyridine rings is 2. The van der Waals surface area contributed by atoms with Crippen LogP contribution >= 0.6 is 0 Å². The normalized spacial score (nSPS) is 16.0. The highest BCUT2D eigenvalue weighted by molar-refractivity contribution is 5.93. The van der Waals surface area contributed by atoms with Gasteiger partial charge >= 0.3 is 0 Å². The third kappa shape index (κ3) is 4.31. The molecule has 0 unspecified atom stereocenters. The molecule has 5 rings (SSSR count). The SMILES string of the molecule is Cn1cc(-c2ccc(Cc3cc(C(=O)NC4CCCCC4)nc4c3OCC4)cn2)cn1. The summed E-state index contributed by atoms with van der Waals surface area (Å²) in [6.45, 7) is 0.612. The van der Waals surface area contributed by atoms with E-state index in [0.29, 0.717) is 18.7 Å². The van der Waals surface area contributed by atoms with Crippen LogP contribution in [-0.4, -0.2) is 38.3 Å². The number of rotatable bonds is 5. The van der Waals surface area contributed by atoms with Gasteiger partial charge in [0.2, 0.25) is 0 Å². The Morgan fingerprint density at radius 3 is 2.84 bits per heavy atom. The molecule has 0 spiro atoms. The molecule has 1 fully saturated rings. The van der Waals surface area contributed by atoms with Crippen molar-refractivity contribution in [1.29, 1.82) is 0 Å². The molecule has 1 amide bonds. The van der Waals surface area contributed by atoms with E-state index in [9.17, 15) is 4.79 Å². The predicted molar refractivity (Wildman–Crippen MR) is 117 cm³/mol. The smallest absolute Gasteiger partial charge is 0.270 e. The molecule has 0 saturated heterocycles. The van der Waals surface area contributed by atoms with Crippen molar-refractivity contribution in [2.24, 2.45) is 7.05 Å². The average Bonchev–Trinajstić information content (AvgIpc) is 3.44. The Labute approximate surface area is 181 Å². The van der Waals surface area contributed by atoms with Gasteiger partial charge in [0.05, 0.1) is 24.2 Å². The van der Waals surface area contributed by atoms with Crippen molar-refractivity contribution in [1.82, 2.24) is 25.1 Å². The minimum atomic E-state index is -0.0760. The van der Waals surface area contributed by atoms with Gasteiger partial charge in [0.15, 0.2) is 0 Å². The molecule has 0 radical (unpaired) electrons. The monoisotopic (exact) mass is 417 g/mol. The Kier molecular flexibility index (Phi) is 5.40. The van der Waals surface area contributed by atoms with E-state index in [1.54, 1.807) is 4.68 Å². The maximum absolute atomic E-state index is 12.9. The van der Waals surface area contributed by atoms with Gasteiger partial charge in [-0.2, -0.15) is 5.10 Å². The van der Waals surface area contributed by atoms with E-state index < -0.39 is 0 Å². The van der Waals surface area contributed by atoms with Gasteiger partial charge in [0.1, 0.15) is 11.4 Å². The highest BCUT2D eigenvalue weighted by Gasteiger charge is 2.24. The van der Waals surface area contributed by atoms with Gasteiger partial charge in [0.25, 0.3) is 5.91 Å². The lowest BCUT2D eigenvalue weighted by molar-refractivity contribution is 0.0922. The molecule has 160 valence electrons. The summed E-state index contributed by atoms with van der Waals surface area (Å²) in [6, 6.07) is 6.22. The van der Waals surface area contributed by atoms with Gasteiger partial charge in [-0.3, -0.25) is 14.5 Å². The number of nitrogens with one attached hydrogen (secondary N) is 1. The van der Waals surface area contributed by atoms with Crippen LogP contribution in [-0.2, 0) is 19.9 Å². The summed E-state index contributed by atoms with van der Waals surface area (Å²) in [6.07, 6.45) is 12.8. The summed E-state index contributed by atoms with van der Waals surface area (Å²) in [5.74, 6) is 0.749. The van der Waals surface area contributed by atoms with Crippen LogP contribution in [0.1, 0.15) is 59.4 Å². The number of carbonyl (C=O) groups excluding carboxylic acids is 1. The lowest BCUT2D eigenvalue weighted by atomic mass is 9.95. The maximum atomic E-state index is 12.9. The summed E-state index contributed by atoms with van der Waals surface area (Å²) in [5, 5.41) is 7.39. The first-order chi connectivity index (χ1) is 15.2. The molecule has 7 nitrogen and oxygen atoms in total. The molecule has 0 bridgehead atoms. The van der Waals surface area contributed by atoms with Crippen molar-refractivity contribution in [3.63, 3.8) is 0 Å². The highest BCUT2D eigenvalue weighted by Crippen LogP contribution is 2.31. The molecule has 1 N–H and O–H groups in total. The highest BCUT2D eigenvalue weighted by atomic mass is 16.5. The number of aryl methyl sites for hydroxylation is 1. The van der Waals surface area contributed by atoms with E-state index in [0.717, 1.165) is 53.1 Å². The Hall–Kier alpha value is -3.22. The Balaban J connectivity index is 1.36. The summed E-state index contributed by atoms with van der Waals surface area (Å²) in [7, 11) is 1.89. The summed E-state index contributed by atoms with van der Waals surface area (Å²) in [4.78, 5) is 22.1. The molecule has 1 saturated carbocycles. The topological polar surface area (TPSA) is 81.9 Å². The Morgan fingerprint density at radius 1 is 1.23 bits per heavy atom. The van der Waals surface area contributed by atoms with Gasteiger partial charge in [-0.25, -0.2) is 4.98 Å². The molecule has 7 heteroatoms. The quantitative estimate of drug-likeness (QED) is 0.687. The zero-order valence-electron chi connectivity index (χ0n) is 17.8. The van der Waals surface area contributed by atoms with E-state index in [4.69, 9.17) is 4.74 Å². The number of ether oxygens (including phenoxy) is 1. The Morgan fingerprint density at radius 2 is 2.10 bits per heavy atom. The Bertz CT molecular complexity index is 1080. The van der Waals surface area contributed by atoms with E-state index in [-0.39, 0.29) is 11.9 Å². The largest absolute Gasteiger partial charge is 0.491 e. The zero-order valence-corrected chi connectivity index (χ0v) is 17.8. The minimum absolute atomic E-state index is 0.0760. The molecule has 1 aliphatic heterocycles. The lowest BCUT2D eigenvalue weighted by Gasteiger charge is -2.22. The number of hydrogen-bond acceptors (Lipinski definition) is 5. The van der Waals surface area contributed by atoms with Crippen molar-refractivity contribution in [3.8, 4) is 17.0 Å². The molecular formula is C24H27N5O2. The molecule has 0 aromatic carbocycles. The van der Waals surface area contributed by atoms with Crippen molar-refractivity contribution in [2.45, 2.75) is 51.0 Å². The first kappa shape index (κ1) is 19.7. The van der Waals surface area contributed by atoms with Crippen LogP contribution in [0, 0.1) is 0 Å². The predicted octanol–water partition coefficient (Wildman–Crippen LogP) is 3.47. The van der Waals surface area contributed by atoms with Crippen LogP contribution in [0.2, 0.25) is 0 Å². The third-order valence-corrected chi connectivity index (χ3v) is 6.10. The minimum Gasteiger partial charge on any atom is -0.491 e. The number of nitrogens with zero attached hydrogens (tertiary/aromatic N) is 4. The van der Waals surface area contributed by atoms with Crippen molar-refractivity contribution < 1.29 is 9.53 Å². The van der Waals surface area contributed by atoms with Crippen LogP contribution < -0.4 is 10.1 Å². The van der Waals surface area contributed by atoms with Crippen molar-refractivity contribution >= 4 is 5.91 Å². The number of carbonyl (C=O) groups is 1. The second-order valence-electron chi connectivity index (χ2n) is 8.48. The first-order valence-corrected chi connectivity index (χ1v) is 11.1. The molecule has 3 aromatic rings. The maximum Gasteiger partial charge on any atom is 0.270 e. The summed E-state index contributed by atoms with van der Waals surface area (Å²) >= 11 is 0. The van der Waals surface area contributed by atoms with Gasteiger partial charge in [-0.05, 0) is 30.5 Å². The van der Waals surface area contributed by atoms with Crippen molar-refractivity contribution in [2.75, 3.05) is 6.61 Å². The molecule has 1 aliphatic carbocycles. The van der Waals surface area contributed by atoms with Gasteiger partial charge < -0.3 is 10.1 Å². The van der Waals surface area contributed by atoms with Crippen molar-refractivity contribution in [3.05, 3.63) is 59.3 Å². The average molecular weight is 418 g/mol. The van der Waals surface area contributed by atoms with E-state index >= 15 is 0 Å². The van der Waals surface area contributed by atoms with E-state index in [2.05, 4.69) is 26.4 Å². The molecule has 31 heavy (non-hydrogen) atoms. The summed E-state index contributed by atoms with van der Waals surface area (Å²) in [5.41, 5.74) is 5.31. The second kappa shape index (κ2) is 8.49. The zero-order chi connectivity index (χ0) is 21.2. The summed E-state index contributed by atoms with van der Waals surface area (Å²) < 4.78 is 7.62. The number of hydrogen-bond donors (Lipinski definition) is 1. The van der Waals surface area contributed by atoms with Crippen LogP contribution in [0.4, 0.5) is 0 Å². The van der Waals surface area contributed by atoms with Crippen LogP contribution in [0.15, 0.2) is 36.8 Å². The number of aromatic nitrogens is 4. The van der Waals surface area contributed by atoms with Gasteiger partial charge in [0, 0.05) is 49.5 Å². The van der Waals surface area contributed by atoms with E-state index in [1.165, 1.54) is 19.3 Å². The molecule has 3 aromatic heterocycles. The molecule has 4 heterocycles. The number of fused-ring (bicyclic) bond motifs is 1. The third-order valence-electron chi connectivity index (χ3n) is 6.10. The van der Waals surface area contributed by atoms with Crippen LogP contribution in [0.3, 0.4) is 0 Å². The molecular weight excluding hydrogens is 390 g/mol. The lowest BCUT2D eigenvalue weighted by Crippen LogP contribution is -2.36. The fourth-order valence-corrected chi connectivity index (χ4v) is 4.47. The van der Waals surface area contributed by atoms with E-state index in [1.807, 2.05) is 37.8 Å². The standard InChI is InChI=1S/C24H27N5O2/c1-29-15-18(14-26-29)20-8-7-16(13-25-20)11-17-12-22(28-21-9-10-31-23(17)21)24(30)27-19-5-3-2-4-6-19/h7-8,12-15,19H,2-6,9-11H2,1H3,(H,27,30). The second-order valence-corrected chi connectivity index (χ2v) is 8.48. The molecule has 0 atom stereocenters. The van der Waals surface area contributed by atoms with Crippen LogP contribution in [0.25, 0.3) is 11.3 Å². The fraction of sp³-hybridized carbons (Fsp3) is 0.417. The first-order valence-electron chi connectivity index (χ1n) is 11.1. The van der Waals surface area contributed by atoms with Gasteiger partial charge in [-0.1, -0.05) is 25.3 Å². The van der Waals surface area contributed by atoms with Gasteiger partial charge in [-0.15, -0.1) is 0 Å². The number of amides is 1. The van der Waals surface area contributed by atoms with Crippen LogP contribution in [0.5, 0.6) is 5.75 Å². The fourth-order valence-electron chi connectivity index (χ4n) is 4.47. The molecule has 2 aliphatic rings.